The van der Waals surface area contributed by atoms with E-state index in [9.17, 15) is 4.39 Å². The standard InChI is InChI=1S/C11H10Cl2FN3/c1-2-8(12)10-6-17(16-15-10)11-5-7(14)3-4-9(11)13/h3-6,8H,2H2,1H3. The normalized spacial score (nSPS) is 12.7. The maximum absolute atomic E-state index is 13.1. The van der Waals surface area contributed by atoms with Crippen LogP contribution in [0, 0.1) is 5.82 Å². The fraction of sp³-hybridized carbons (Fsp3) is 0.273. The maximum atomic E-state index is 13.1. The van der Waals surface area contributed by atoms with Crippen molar-refractivity contribution in [1.82, 2.24) is 15.0 Å². The zero-order valence-electron chi connectivity index (χ0n) is 9.07. The smallest absolute Gasteiger partial charge is 0.125 e. The molecule has 1 aromatic heterocycles. The van der Waals surface area contributed by atoms with Gasteiger partial charge in [-0.15, -0.1) is 16.7 Å². The van der Waals surface area contributed by atoms with Crippen LogP contribution in [0.25, 0.3) is 5.69 Å². The lowest BCUT2D eigenvalue weighted by Crippen LogP contribution is -1.96. The average Bonchev–Trinajstić information content (AvgIpc) is 2.80. The van der Waals surface area contributed by atoms with Crippen LogP contribution in [0.5, 0.6) is 0 Å². The van der Waals surface area contributed by atoms with E-state index in [1.807, 2.05) is 6.92 Å². The summed E-state index contributed by atoms with van der Waals surface area (Å²) >= 11 is 12.0. The second-order valence-corrected chi connectivity index (χ2v) is 4.49. The fourth-order valence-corrected chi connectivity index (χ4v) is 1.71. The molecular weight excluding hydrogens is 264 g/mol. The van der Waals surface area contributed by atoms with Gasteiger partial charge in [-0.2, -0.15) is 0 Å². The Bertz CT molecular complexity index is 527. The van der Waals surface area contributed by atoms with Crippen LogP contribution in [0.1, 0.15) is 24.4 Å². The van der Waals surface area contributed by atoms with Gasteiger partial charge in [0.05, 0.1) is 22.3 Å². The zero-order valence-corrected chi connectivity index (χ0v) is 10.6. The second kappa shape index (κ2) is 5.02. The monoisotopic (exact) mass is 273 g/mol. The van der Waals surface area contributed by atoms with Crippen molar-refractivity contribution in [2.75, 3.05) is 0 Å². The van der Waals surface area contributed by atoms with Crippen LogP contribution in [0.4, 0.5) is 4.39 Å². The molecule has 0 fully saturated rings. The van der Waals surface area contributed by atoms with Crippen molar-refractivity contribution < 1.29 is 4.39 Å². The van der Waals surface area contributed by atoms with Crippen LogP contribution in [-0.4, -0.2) is 15.0 Å². The first-order valence-corrected chi connectivity index (χ1v) is 5.95. The summed E-state index contributed by atoms with van der Waals surface area (Å²) in [6, 6.07) is 4.07. The van der Waals surface area contributed by atoms with Crippen LogP contribution in [0.3, 0.4) is 0 Å². The predicted octanol–water partition coefficient (Wildman–Crippen LogP) is 3.75. The SMILES string of the molecule is CCC(Cl)c1cn(-c2cc(F)ccc2Cl)nn1. The zero-order chi connectivity index (χ0) is 12.4. The van der Waals surface area contributed by atoms with E-state index in [4.69, 9.17) is 23.2 Å². The van der Waals surface area contributed by atoms with Crippen molar-refractivity contribution >= 4 is 23.2 Å². The molecule has 0 saturated heterocycles. The van der Waals surface area contributed by atoms with Crippen LogP contribution in [0.15, 0.2) is 24.4 Å². The van der Waals surface area contributed by atoms with Gasteiger partial charge in [-0.25, -0.2) is 9.07 Å². The number of hydrogen-bond donors (Lipinski definition) is 0. The molecule has 2 aromatic rings. The highest BCUT2D eigenvalue weighted by molar-refractivity contribution is 6.32. The lowest BCUT2D eigenvalue weighted by molar-refractivity contribution is 0.625. The summed E-state index contributed by atoms with van der Waals surface area (Å²) in [4.78, 5) is 0. The molecule has 90 valence electrons. The Hall–Kier alpha value is -1.13. The molecule has 1 heterocycles. The van der Waals surface area contributed by atoms with Crippen LogP contribution in [-0.2, 0) is 0 Å². The summed E-state index contributed by atoms with van der Waals surface area (Å²) in [5.74, 6) is -0.376. The third kappa shape index (κ3) is 2.58. The molecule has 0 bridgehead atoms. The molecule has 1 atom stereocenters. The molecule has 0 aliphatic carbocycles. The molecule has 17 heavy (non-hydrogen) atoms. The minimum Gasteiger partial charge on any atom is -0.219 e. The van der Waals surface area contributed by atoms with Crippen LogP contribution >= 0.6 is 23.2 Å². The molecule has 3 nitrogen and oxygen atoms in total. The number of benzene rings is 1. The number of halogens is 3. The number of rotatable bonds is 3. The summed E-state index contributed by atoms with van der Waals surface area (Å²) in [5, 5.41) is 8.03. The first-order chi connectivity index (χ1) is 8.11. The molecule has 0 aliphatic rings. The van der Waals surface area contributed by atoms with E-state index in [1.54, 1.807) is 6.20 Å². The predicted molar refractivity (Wildman–Crippen MR) is 65.2 cm³/mol. The van der Waals surface area contributed by atoms with Gasteiger partial charge in [0.2, 0.25) is 0 Å². The van der Waals surface area contributed by atoms with Crippen molar-refractivity contribution in [3.63, 3.8) is 0 Å². The van der Waals surface area contributed by atoms with E-state index in [0.717, 1.165) is 6.42 Å². The fourth-order valence-electron chi connectivity index (χ4n) is 1.41. The van der Waals surface area contributed by atoms with E-state index < -0.39 is 0 Å². The van der Waals surface area contributed by atoms with Crippen molar-refractivity contribution in [2.45, 2.75) is 18.7 Å². The summed E-state index contributed by atoms with van der Waals surface area (Å²) in [7, 11) is 0. The average molecular weight is 274 g/mol. The van der Waals surface area contributed by atoms with Crippen molar-refractivity contribution in [2.24, 2.45) is 0 Å². The Morgan fingerprint density at radius 2 is 2.24 bits per heavy atom. The van der Waals surface area contributed by atoms with Gasteiger partial charge in [0.1, 0.15) is 11.5 Å². The van der Waals surface area contributed by atoms with Crippen molar-refractivity contribution in [1.29, 1.82) is 0 Å². The Morgan fingerprint density at radius 1 is 1.47 bits per heavy atom. The van der Waals surface area contributed by atoms with E-state index in [1.165, 1.54) is 22.9 Å². The highest BCUT2D eigenvalue weighted by Gasteiger charge is 2.12. The Morgan fingerprint density at radius 3 is 2.94 bits per heavy atom. The maximum Gasteiger partial charge on any atom is 0.125 e. The van der Waals surface area contributed by atoms with E-state index in [-0.39, 0.29) is 11.2 Å². The molecule has 0 saturated carbocycles. The van der Waals surface area contributed by atoms with Gasteiger partial charge in [0, 0.05) is 6.07 Å². The molecule has 1 aromatic carbocycles. The third-order valence-corrected chi connectivity index (χ3v) is 3.20. The van der Waals surface area contributed by atoms with Crippen molar-refractivity contribution in [3.05, 3.63) is 40.9 Å². The number of nitrogens with zero attached hydrogens (tertiary/aromatic N) is 3. The van der Waals surface area contributed by atoms with Gasteiger partial charge in [-0.05, 0) is 18.6 Å². The highest BCUT2D eigenvalue weighted by atomic mass is 35.5. The van der Waals surface area contributed by atoms with E-state index >= 15 is 0 Å². The van der Waals surface area contributed by atoms with Crippen molar-refractivity contribution in [3.8, 4) is 5.69 Å². The minimum absolute atomic E-state index is 0.198. The van der Waals surface area contributed by atoms with Gasteiger partial charge in [0.15, 0.2) is 0 Å². The van der Waals surface area contributed by atoms with Gasteiger partial charge in [-0.3, -0.25) is 0 Å². The van der Waals surface area contributed by atoms with E-state index in [2.05, 4.69) is 10.3 Å². The van der Waals surface area contributed by atoms with Gasteiger partial charge in [0.25, 0.3) is 0 Å². The molecule has 1 unspecified atom stereocenters. The topological polar surface area (TPSA) is 30.7 Å². The molecule has 2 rings (SSSR count). The Kier molecular flexibility index (Phi) is 3.64. The lowest BCUT2D eigenvalue weighted by atomic mass is 10.2. The molecule has 0 N–H and O–H groups in total. The van der Waals surface area contributed by atoms with Gasteiger partial charge in [-0.1, -0.05) is 23.7 Å². The summed E-state index contributed by atoms with van der Waals surface area (Å²) in [5.41, 5.74) is 1.10. The van der Waals surface area contributed by atoms with E-state index in [0.29, 0.717) is 16.4 Å². The first kappa shape index (κ1) is 12.3. The summed E-state index contributed by atoms with van der Waals surface area (Å²) in [6.07, 6.45) is 2.40. The lowest BCUT2D eigenvalue weighted by Gasteiger charge is -2.03. The van der Waals surface area contributed by atoms with Crippen LogP contribution < -0.4 is 0 Å². The summed E-state index contributed by atoms with van der Waals surface area (Å²) < 4.78 is 14.5. The van der Waals surface area contributed by atoms with Gasteiger partial charge >= 0.3 is 0 Å². The Labute approximate surface area is 108 Å². The number of hydrogen-bond acceptors (Lipinski definition) is 2. The quantitative estimate of drug-likeness (QED) is 0.798. The summed E-state index contributed by atoms with van der Waals surface area (Å²) in [6.45, 7) is 1.95. The van der Waals surface area contributed by atoms with Gasteiger partial charge < -0.3 is 0 Å². The number of alkyl halides is 1. The first-order valence-electron chi connectivity index (χ1n) is 5.13. The minimum atomic E-state index is -0.376. The highest BCUT2D eigenvalue weighted by Crippen LogP contribution is 2.24. The molecule has 6 heteroatoms. The number of aromatic nitrogens is 3. The Balaban J connectivity index is 2.40. The molecule has 0 spiro atoms. The van der Waals surface area contributed by atoms with Crippen LogP contribution in [0.2, 0.25) is 5.02 Å². The largest absolute Gasteiger partial charge is 0.219 e. The third-order valence-electron chi connectivity index (χ3n) is 2.35. The molecule has 0 aliphatic heterocycles. The molecular formula is C11H10Cl2FN3. The molecule has 0 radical (unpaired) electrons. The molecule has 0 amide bonds. The second-order valence-electron chi connectivity index (χ2n) is 3.56.